The van der Waals surface area contributed by atoms with Crippen molar-refractivity contribution in [3.05, 3.63) is 65.7 Å². The number of amides is 3. The van der Waals surface area contributed by atoms with Crippen LogP contribution in [0.1, 0.15) is 105 Å². The zero-order valence-electron chi connectivity index (χ0n) is 29.6. The third-order valence-electron chi connectivity index (χ3n) is 7.06. The van der Waals surface area contributed by atoms with E-state index in [1.807, 2.05) is 51.1 Å². The van der Waals surface area contributed by atoms with Crippen molar-refractivity contribution in [2.75, 3.05) is 6.54 Å². The lowest BCUT2D eigenvalue weighted by atomic mass is 9.97. The van der Waals surface area contributed by atoms with E-state index < -0.39 is 53.2 Å². The fraction of sp³-hybridized carbons (Fsp3) is 0.568. The van der Waals surface area contributed by atoms with Gasteiger partial charge in [0.1, 0.15) is 35.1 Å². The highest BCUT2D eigenvalue weighted by molar-refractivity contribution is 5.94. The zero-order valence-corrected chi connectivity index (χ0v) is 29.6. The minimum atomic E-state index is -1.32. The minimum Gasteiger partial charge on any atom is -0.508 e. The van der Waals surface area contributed by atoms with E-state index in [-0.39, 0.29) is 36.6 Å². The zero-order chi connectivity index (χ0) is 35.4. The Morgan fingerprint density at radius 2 is 1.40 bits per heavy atom. The van der Waals surface area contributed by atoms with Crippen LogP contribution in [0.4, 0.5) is 4.79 Å². The number of esters is 1. The lowest BCUT2D eigenvalue weighted by Gasteiger charge is -2.36. The molecule has 0 fully saturated rings. The first-order chi connectivity index (χ1) is 21.9. The topological polar surface area (TPSA) is 134 Å². The molecule has 2 aromatic rings. The van der Waals surface area contributed by atoms with Gasteiger partial charge in [-0.15, -0.1) is 0 Å². The maximum absolute atomic E-state index is 14.5. The number of carbonyl (C=O) groups is 4. The highest BCUT2D eigenvalue weighted by Crippen LogP contribution is 2.31. The minimum absolute atomic E-state index is 0.0104. The van der Waals surface area contributed by atoms with Gasteiger partial charge in [0.2, 0.25) is 11.8 Å². The second-order valence-electron chi connectivity index (χ2n) is 14.3. The van der Waals surface area contributed by atoms with Crippen LogP contribution in [-0.4, -0.2) is 63.7 Å². The number of para-hydroxylation sites is 1. The molecule has 10 nitrogen and oxygen atoms in total. The van der Waals surface area contributed by atoms with Crippen molar-refractivity contribution < 1.29 is 33.8 Å². The molecule has 0 aliphatic rings. The van der Waals surface area contributed by atoms with Gasteiger partial charge < -0.3 is 30.1 Å². The maximum atomic E-state index is 14.5. The van der Waals surface area contributed by atoms with Gasteiger partial charge in [-0.3, -0.25) is 9.59 Å². The van der Waals surface area contributed by atoms with Crippen LogP contribution in [0, 0.1) is 5.92 Å². The third kappa shape index (κ3) is 13.7. The Hall–Kier alpha value is -4.08. The molecule has 3 N–H and O–H groups in total. The van der Waals surface area contributed by atoms with Gasteiger partial charge in [-0.05, 0) is 71.9 Å². The van der Waals surface area contributed by atoms with E-state index in [0.29, 0.717) is 6.42 Å². The van der Waals surface area contributed by atoms with Crippen LogP contribution >= 0.6 is 0 Å². The van der Waals surface area contributed by atoms with E-state index in [1.165, 1.54) is 11.0 Å². The average Bonchev–Trinajstić information content (AvgIpc) is 2.95. The van der Waals surface area contributed by atoms with Gasteiger partial charge in [0.05, 0.1) is 0 Å². The van der Waals surface area contributed by atoms with Gasteiger partial charge in [-0.1, -0.05) is 82.1 Å². The summed E-state index contributed by atoms with van der Waals surface area (Å²) in [6, 6.07) is 12.1. The Bertz CT molecular complexity index is 1320. The molecule has 0 heterocycles. The molecule has 0 saturated heterocycles. The molecular weight excluding hydrogens is 598 g/mol. The van der Waals surface area contributed by atoms with Crippen LogP contribution in [0.2, 0.25) is 0 Å². The van der Waals surface area contributed by atoms with Crippen LogP contribution in [0.3, 0.4) is 0 Å². The molecule has 260 valence electrons. The molecule has 0 aliphatic heterocycles. The SMILES string of the molecule is CCCCCN(C(=O)C(CC(C)C)NC(=O)OC(C)(C)C)C(C(=O)NC(Cc1ccccc1)C(=O)OC(C)(C)C)c1ccccc1O. The Balaban J connectivity index is 2.63. The lowest BCUT2D eigenvalue weighted by Crippen LogP contribution is -2.55. The molecule has 47 heavy (non-hydrogen) atoms. The van der Waals surface area contributed by atoms with Crippen LogP contribution in [0.5, 0.6) is 5.75 Å². The predicted molar refractivity (Wildman–Crippen MR) is 183 cm³/mol. The number of carbonyl (C=O) groups excluding carboxylic acids is 4. The van der Waals surface area contributed by atoms with Gasteiger partial charge in [-0.2, -0.15) is 0 Å². The summed E-state index contributed by atoms with van der Waals surface area (Å²) in [5, 5.41) is 16.6. The van der Waals surface area contributed by atoms with Crippen molar-refractivity contribution in [2.45, 2.75) is 124 Å². The summed E-state index contributed by atoms with van der Waals surface area (Å²) in [5.41, 5.74) is -0.604. The van der Waals surface area contributed by atoms with E-state index >= 15 is 0 Å². The fourth-order valence-electron chi connectivity index (χ4n) is 5.08. The average molecular weight is 654 g/mol. The molecule has 2 aromatic carbocycles. The van der Waals surface area contributed by atoms with Gasteiger partial charge in [-0.25, -0.2) is 9.59 Å². The number of unbranched alkanes of at least 4 members (excludes halogenated alkanes) is 2. The van der Waals surface area contributed by atoms with E-state index in [9.17, 15) is 24.3 Å². The third-order valence-corrected chi connectivity index (χ3v) is 7.06. The summed E-state index contributed by atoms with van der Waals surface area (Å²) < 4.78 is 11.2. The van der Waals surface area contributed by atoms with E-state index in [0.717, 1.165) is 18.4 Å². The highest BCUT2D eigenvalue weighted by Gasteiger charge is 2.39. The predicted octanol–water partition coefficient (Wildman–Crippen LogP) is 6.46. The quantitative estimate of drug-likeness (QED) is 0.148. The van der Waals surface area contributed by atoms with Crippen LogP contribution in [0.25, 0.3) is 0 Å². The molecular formula is C37H55N3O7. The monoisotopic (exact) mass is 653 g/mol. The van der Waals surface area contributed by atoms with E-state index in [4.69, 9.17) is 9.47 Å². The normalized spacial score (nSPS) is 13.7. The van der Waals surface area contributed by atoms with E-state index in [1.54, 1.807) is 59.7 Å². The second kappa shape index (κ2) is 17.7. The number of alkyl carbamates (subject to hydrolysis) is 1. The number of aromatic hydroxyl groups is 1. The smallest absolute Gasteiger partial charge is 0.408 e. The van der Waals surface area contributed by atoms with Crippen molar-refractivity contribution in [1.82, 2.24) is 15.5 Å². The fourth-order valence-corrected chi connectivity index (χ4v) is 5.08. The lowest BCUT2D eigenvalue weighted by molar-refractivity contribution is -0.159. The van der Waals surface area contributed by atoms with Crippen LogP contribution in [0.15, 0.2) is 54.6 Å². The number of phenols is 1. The molecule has 0 spiro atoms. The van der Waals surface area contributed by atoms with Crippen molar-refractivity contribution >= 4 is 23.9 Å². The van der Waals surface area contributed by atoms with Crippen molar-refractivity contribution in [3.63, 3.8) is 0 Å². The number of nitrogens with one attached hydrogen (secondary N) is 2. The standard InChI is InChI=1S/C37H55N3O7/c1-10-11-17-22-40(33(43)28(23-25(2)3)39-35(45)47-37(7,8)9)31(27-20-15-16-21-30(27)41)32(42)38-29(34(44)46-36(4,5)6)24-26-18-13-12-14-19-26/h12-16,18-21,25,28-29,31,41H,10-11,17,22-24H2,1-9H3,(H,38,42)(H,39,45). The molecule has 0 aliphatic carbocycles. The summed E-state index contributed by atoms with van der Waals surface area (Å²) in [7, 11) is 0. The number of phenolic OH excluding ortho intramolecular Hbond substituents is 1. The number of hydrogen-bond acceptors (Lipinski definition) is 7. The summed E-state index contributed by atoms with van der Waals surface area (Å²) in [4.78, 5) is 56.7. The van der Waals surface area contributed by atoms with Crippen molar-refractivity contribution in [2.24, 2.45) is 5.92 Å². The van der Waals surface area contributed by atoms with E-state index in [2.05, 4.69) is 10.6 Å². The Labute approximate surface area is 280 Å². The molecule has 0 bridgehead atoms. The molecule has 2 rings (SSSR count). The first-order valence-electron chi connectivity index (χ1n) is 16.6. The molecule has 0 aromatic heterocycles. The maximum Gasteiger partial charge on any atom is 0.408 e. The summed E-state index contributed by atoms with van der Waals surface area (Å²) in [6.07, 6.45) is 1.89. The first-order valence-corrected chi connectivity index (χ1v) is 16.6. The van der Waals surface area contributed by atoms with Crippen LogP contribution < -0.4 is 10.6 Å². The van der Waals surface area contributed by atoms with Gasteiger partial charge in [0.15, 0.2) is 0 Å². The molecule has 3 atom stereocenters. The number of hydrogen-bond donors (Lipinski definition) is 3. The number of nitrogens with zero attached hydrogens (tertiary/aromatic N) is 1. The molecule has 0 radical (unpaired) electrons. The summed E-state index contributed by atoms with van der Waals surface area (Å²) >= 11 is 0. The second-order valence-corrected chi connectivity index (χ2v) is 14.3. The Morgan fingerprint density at radius 3 is 1.96 bits per heavy atom. The molecule has 3 unspecified atom stereocenters. The summed E-state index contributed by atoms with van der Waals surface area (Å²) in [6.45, 7) is 16.5. The molecule has 10 heteroatoms. The number of ether oxygens (including phenoxy) is 2. The van der Waals surface area contributed by atoms with Gasteiger partial charge in [0, 0.05) is 18.5 Å². The summed E-state index contributed by atoms with van der Waals surface area (Å²) in [5.74, 6) is -1.96. The van der Waals surface area contributed by atoms with Gasteiger partial charge in [0.25, 0.3) is 0 Å². The van der Waals surface area contributed by atoms with Crippen molar-refractivity contribution in [1.29, 1.82) is 0 Å². The number of rotatable bonds is 15. The molecule has 3 amide bonds. The first kappa shape index (κ1) is 39.1. The Morgan fingerprint density at radius 1 is 0.809 bits per heavy atom. The largest absolute Gasteiger partial charge is 0.508 e. The highest BCUT2D eigenvalue weighted by atomic mass is 16.6. The molecule has 0 saturated carbocycles. The Kier molecular flexibility index (Phi) is 14.8. The number of benzene rings is 2. The van der Waals surface area contributed by atoms with Crippen LogP contribution in [-0.2, 0) is 30.3 Å². The van der Waals surface area contributed by atoms with Gasteiger partial charge >= 0.3 is 12.1 Å². The van der Waals surface area contributed by atoms with Crippen molar-refractivity contribution in [3.8, 4) is 5.75 Å².